The normalized spacial score (nSPS) is 13.9. The SMILES string of the molecule is CCCCCCCCC/C=C\CCCCCCCCCCOCC(COP(=O)(O)OCC(N)C(=O)O)OC(=O)CCCCCCCCCCCCCCCCCCC. The molecule has 0 aromatic heterocycles. The van der Waals surface area contributed by atoms with Crippen LogP contribution in [0.2, 0.25) is 0 Å². The zero-order valence-corrected chi connectivity index (χ0v) is 38.6. The fourth-order valence-electron chi connectivity index (χ4n) is 7.01. The number of carboxylic acids is 1. The molecule has 0 heterocycles. The van der Waals surface area contributed by atoms with E-state index in [1.54, 1.807) is 0 Å². The summed E-state index contributed by atoms with van der Waals surface area (Å²) < 4.78 is 33.5. The molecule has 10 nitrogen and oxygen atoms in total. The van der Waals surface area contributed by atoms with Crippen LogP contribution in [0.15, 0.2) is 12.2 Å². The summed E-state index contributed by atoms with van der Waals surface area (Å²) >= 11 is 0. The first-order valence-corrected chi connectivity index (χ1v) is 25.7. The van der Waals surface area contributed by atoms with Crippen LogP contribution in [0.4, 0.5) is 0 Å². The molecule has 3 unspecified atom stereocenters. The van der Waals surface area contributed by atoms with Gasteiger partial charge in [0.1, 0.15) is 12.1 Å². The van der Waals surface area contributed by atoms with Gasteiger partial charge in [-0.1, -0.05) is 206 Å². The molecule has 0 saturated heterocycles. The molecule has 0 aromatic carbocycles. The Hall–Kier alpha value is -1.29. The molecule has 0 bridgehead atoms. The van der Waals surface area contributed by atoms with E-state index < -0.39 is 45.1 Å². The van der Waals surface area contributed by atoms with Crippen LogP contribution >= 0.6 is 7.82 Å². The van der Waals surface area contributed by atoms with Crippen molar-refractivity contribution in [2.45, 2.75) is 251 Å². The molecule has 0 aromatic rings. The van der Waals surface area contributed by atoms with Crippen molar-refractivity contribution in [1.29, 1.82) is 0 Å². The molecule has 58 heavy (non-hydrogen) atoms. The first-order chi connectivity index (χ1) is 28.2. The first kappa shape index (κ1) is 56.7. The van der Waals surface area contributed by atoms with Crippen molar-refractivity contribution in [3.63, 3.8) is 0 Å². The topological polar surface area (TPSA) is 155 Å². The van der Waals surface area contributed by atoms with Gasteiger partial charge in [0, 0.05) is 13.0 Å². The minimum atomic E-state index is -4.61. The van der Waals surface area contributed by atoms with Gasteiger partial charge in [-0.05, 0) is 38.5 Å². The Kier molecular flexibility index (Phi) is 42.8. The summed E-state index contributed by atoms with van der Waals surface area (Å²) in [6, 6.07) is -1.47. The number of carbonyl (C=O) groups is 2. The summed E-state index contributed by atoms with van der Waals surface area (Å²) in [6.07, 6.45) is 46.9. The maximum Gasteiger partial charge on any atom is 0.472 e. The Balaban J connectivity index is 4.14. The number of allylic oxidation sites excluding steroid dienone is 2. The van der Waals surface area contributed by atoms with Crippen LogP contribution in [0.3, 0.4) is 0 Å². The van der Waals surface area contributed by atoms with Gasteiger partial charge in [-0.2, -0.15) is 0 Å². The van der Waals surface area contributed by atoms with E-state index in [2.05, 4.69) is 26.0 Å². The summed E-state index contributed by atoms with van der Waals surface area (Å²) in [7, 11) is -4.61. The highest BCUT2D eigenvalue weighted by Gasteiger charge is 2.27. The van der Waals surface area contributed by atoms with E-state index in [9.17, 15) is 19.0 Å². The van der Waals surface area contributed by atoms with Gasteiger partial charge in [-0.25, -0.2) is 4.57 Å². The van der Waals surface area contributed by atoms with Gasteiger partial charge in [-0.15, -0.1) is 0 Å². The predicted octanol–water partition coefficient (Wildman–Crippen LogP) is 13.7. The second-order valence-electron chi connectivity index (χ2n) is 16.6. The van der Waals surface area contributed by atoms with E-state index in [1.807, 2.05) is 0 Å². The second-order valence-corrected chi connectivity index (χ2v) is 18.1. The third-order valence-corrected chi connectivity index (χ3v) is 11.7. The number of aliphatic carboxylic acids is 1. The molecule has 0 rings (SSSR count). The smallest absolute Gasteiger partial charge is 0.472 e. The molecular weight excluding hydrogens is 753 g/mol. The fourth-order valence-corrected chi connectivity index (χ4v) is 7.79. The zero-order valence-electron chi connectivity index (χ0n) is 37.7. The van der Waals surface area contributed by atoms with Gasteiger partial charge in [0.15, 0.2) is 0 Å². The van der Waals surface area contributed by atoms with Crippen molar-refractivity contribution in [3.05, 3.63) is 12.2 Å². The fraction of sp³-hybridized carbons (Fsp3) is 0.915. The lowest BCUT2D eigenvalue weighted by Crippen LogP contribution is -2.34. The summed E-state index contributed by atoms with van der Waals surface area (Å²) in [5, 5.41) is 8.91. The number of nitrogens with two attached hydrogens (primary N) is 1. The number of ether oxygens (including phenoxy) is 2. The molecule has 0 aliphatic rings. The maximum atomic E-state index is 12.7. The maximum absolute atomic E-state index is 12.7. The van der Waals surface area contributed by atoms with Crippen LogP contribution in [0.25, 0.3) is 0 Å². The number of unbranched alkanes of at least 4 members (excludes halogenated alkanes) is 31. The van der Waals surface area contributed by atoms with Crippen LogP contribution in [-0.4, -0.2) is 60.5 Å². The van der Waals surface area contributed by atoms with Crippen molar-refractivity contribution in [3.8, 4) is 0 Å². The zero-order chi connectivity index (χ0) is 42.6. The van der Waals surface area contributed by atoms with Crippen LogP contribution < -0.4 is 5.73 Å². The Labute approximate surface area is 356 Å². The third-order valence-electron chi connectivity index (χ3n) is 10.8. The van der Waals surface area contributed by atoms with Crippen molar-refractivity contribution in [2.75, 3.05) is 26.4 Å². The molecule has 0 radical (unpaired) electrons. The molecule has 3 atom stereocenters. The van der Waals surface area contributed by atoms with Gasteiger partial charge >= 0.3 is 19.8 Å². The molecule has 0 aliphatic heterocycles. The number of hydrogen-bond acceptors (Lipinski definition) is 8. The lowest BCUT2D eigenvalue weighted by Gasteiger charge is -2.20. The highest BCUT2D eigenvalue weighted by atomic mass is 31.2. The number of carbonyl (C=O) groups excluding carboxylic acids is 1. The Morgan fingerprint density at radius 2 is 0.897 bits per heavy atom. The van der Waals surface area contributed by atoms with Crippen LogP contribution in [0.5, 0.6) is 0 Å². The molecule has 0 aliphatic carbocycles. The molecule has 344 valence electrons. The molecule has 11 heteroatoms. The number of hydrogen-bond donors (Lipinski definition) is 3. The predicted molar refractivity (Wildman–Crippen MR) is 240 cm³/mol. The lowest BCUT2D eigenvalue weighted by atomic mass is 10.0. The number of phosphoric ester groups is 1. The molecular formula is C47H92NO9P. The van der Waals surface area contributed by atoms with Gasteiger partial charge < -0.3 is 25.2 Å². The average Bonchev–Trinajstić information content (AvgIpc) is 3.20. The number of phosphoric acid groups is 1. The van der Waals surface area contributed by atoms with Crippen molar-refractivity contribution in [2.24, 2.45) is 5.73 Å². The van der Waals surface area contributed by atoms with Crippen molar-refractivity contribution >= 4 is 19.8 Å². The first-order valence-electron chi connectivity index (χ1n) is 24.2. The quantitative estimate of drug-likeness (QED) is 0.0233. The molecule has 0 saturated carbocycles. The number of rotatable bonds is 47. The highest BCUT2D eigenvalue weighted by molar-refractivity contribution is 7.47. The number of carboxylic acid groups (broad SMARTS) is 1. The van der Waals surface area contributed by atoms with Gasteiger partial charge in [0.25, 0.3) is 0 Å². The third kappa shape index (κ3) is 42.8. The van der Waals surface area contributed by atoms with E-state index in [0.717, 1.165) is 38.5 Å². The van der Waals surface area contributed by atoms with E-state index in [0.29, 0.717) is 6.61 Å². The van der Waals surface area contributed by atoms with Crippen molar-refractivity contribution in [1.82, 2.24) is 0 Å². The van der Waals surface area contributed by atoms with Gasteiger partial charge in [-0.3, -0.25) is 18.6 Å². The van der Waals surface area contributed by atoms with Crippen LogP contribution in [-0.2, 0) is 32.7 Å². The Bertz CT molecular complexity index is 982. The average molecular weight is 846 g/mol. The Morgan fingerprint density at radius 3 is 1.31 bits per heavy atom. The summed E-state index contributed by atoms with van der Waals surface area (Å²) in [4.78, 5) is 33.6. The number of esters is 1. The van der Waals surface area contributed by atoms with Crippen LogP contribution in [0.1, 0.15) is 239 Å². The summed E-state index contributed by atoms with van der Waals surface area (Å²) in [6.45, 7) is 3.92. The molecule has 4 N–H and O–H groups in total. The minimum Gasteiger partial charge on any atom is -0.480 e. The monoisotopic (exact) mass is 846 g/mol. The van der Waals surface area contributed by atoms with Gasteiger partial charge in [0.2, 0.25) is 0 Å². The van der Waals surface area contributed by atoms with E-state index in [1.165, 1.54) is 180 Å². The molecule has 0 spiro atoms. The molecule has 0 amide bonds. The van der Waals surface area contributed by atoms with E-state index >= 15 is 0 Å². The highest BCUT2D eigenvalue weighted by Crippen LogP contribution is 2.43. The van der Waals surface area contributed by atoms with Crippen LogP contribution in [0, 0.1) is 0 Å². The van der Waals surface area contributed by atoms with E-state index in [4.69, 9.17) is 29.4 Å². The van der Waals surface area contributed by atoms with Crippen molar-refractivity contribution < 1.29 is 42.7 Å². The summed E-state index contributed by atoms with van der Waals surface area (Å²) in [5.74, 6) is -1.77. The van der Waals surface area contributed by atoms with E-state index in [-0.39, 0.29) is 13.0 Å². The second kappa shape index (κ2) is 43.8. The largest absolute Gasteiger partial charge is 0.480 e. The minimum absolute atomic E-state index is 0.0208. The van der Waals surface area contributed by atoms with Gasteiger partial charge in [0.05, 0.1) is 19.8 Å². The molecule has 0 fully saturated rings. The summed E-state index contributed by atoms with van der Waals surface area (Å²) in [5.41, 5.74) is 5.37. The standard InChI is InChI=1S/C47H92NO9P/c1-3-5-7-9-11-13-15-17-19-21-22-24-26-28-30-32-34-36-38-40-54-41-44(42-55-58(52,53)56-43-45(48)47(50)51)57-46(49)39-37-35-33-31-29-27-25-23-20-18-16-14-12-10-8-6-4-2/h19,21,44-45H,3-18,20,22-43,48H2,1-2H3,(H,50,51)(H,52,53)/b21-19-. The lowest BCUT2D eigenvalue weighted by molar-refractivity contribution is -0.154. The Morgan fingerprint density at radius 1 is 0.534 bits per heavy atom.